The Morgan fingerprint density at radius 2 is 1.00 bits per heavy atom. The normalized spacial score (nSPS) is 4.50. The molecule has 0 rings (SSSR count). The van der Waals surface area contributed by atoms with Crippen LogP contribution in [-0.4, -0.2) is 12.8 Å². The van der Waals surface area contributed by atoms with E-state index in [1.165, 1.54) is 0 Å². The molecule has 0 aliphatic heterocycles. The third kappa shape index (κ3) is 288. The van der Waals surface area contributed by atoms with Crippen LogP contribution < -0.4 is 15.1 Å². The van der Waals surface area contributed by atoms with Crippen LogP contribution in [0.2, 0.25) is 0 Å². The van der Waals surface area contributed by atoms with Crippen molar-refractivity contribution in [1.82, 2.24) is 0 Å². The zero-order valence-corrected chi connectivity index (χ0v) is 3.71. The Morgan fingerprint density at radius 3 is 1.00 bits per heavy atom. The van der Waals surface area contributed by atoms with Crippen LogP contribution in [0.5, 0.6) is 0 Å². The fourth-order valence-electron chi connectivity index (χ4n) is 0. The summed E-state index contributed by atoms with van der Waals surface area (Å²) in [6.45, 7) is 0. The van der Waals surface area contributed by atoms with E-state index in [-0.39, 0.29) is 22.5 Å². The van der Waals surface area contributed by atoms with Crippen LogP contribution in [0.4, 0.5) is 0 Å². The number of hydrogen-bond donors (Lipinski definition) is 0. The van der Waals surface area contributed by atoms with Gasteiger partial charge in [0.2, 0.25) is 0 Å². The Kier molecular flexibility index (Phi) is 24.3. The molecule has 0 aliphatic carbocycles. The van der Waals surface area contributed by atoms with Crippen molar-refractivity contribution in [3.05, 3.63) is 0 Å². The van der Waals surface area contributed by atoms with Gasteiger partial charge in [-0.3, -0.25) is 7.32 Å². The second-order valence-electron chi connectivity index (χ2n) is 0.289. The van der Waals surface area contributed by atoms with Crippen molar-refractivity contribution in [2.24, 2.45) is 0 Å². The Labute approximate surface area is 45.8 Å². The van der Waals surface area contributed by atoms with Gasteiger partial charge in [0.1, 0.15) is 0 Å². The van der Waals surface area contributed by atoms with E-state index < -0.39 is 7.32 Å². The monoisotopic (exact) mass is 132 g/mol. The quantitative estimate of drug-likeness (QED) is 0.312. The van der Waals surface area contributed by atoms with Crippen molar-refractivity contribution in [2.75, 3.05) is 0 Å². The van der Waals surface area contributed by atoms with Gasteiger partial charge >= 0.3 is 17.1 Å². The van der Waals surface area contributed by atoms with Crippen LogP contribution in [0.3, 0.4) is 0 Å². The predicted octanol–water partition coefficient (Wildman–Crippen LogP) is -4.13. The van der Waals surface area contributed by atoms with E-state index in [9.17, 15) is 0 Å². The van der Waals surface area contributed by atoms with Crippen LogP contribution in [0.1, 0.15) is 0 Å². The van der Waals surface area contributed by atoms with E-state index >= 15 is 0 Å². The van der Waals surface area contributed by atoms with Crippen LogP contribution in [0.25, 0.3) is 0 Å². The van der Waals surface area contributed by atoms with Gasteiger partial charge in [-0.2, -0.15) is 0 Å². The zero-order valence-electron chi connectivity index (χ0n) is 2.60. The van der Waals surface area contributed by atoms with Gasteiger partial charge in [0.05, 0.1) is 0 Å². The van der Waals surface area contributed by atoms with E-state index in [0.29, 0.717) is 0 Å². The predicted molar refractivity (Wildman–Crippen MR) is 7.69 cm³/mol. The second-order valence-corrected chi connectivity index (χ2v) is 0.289. The average molecular weight is 132 g/mol. The minimum Gasteiger partial charge on any atom is -0.907 e. The number of rotatable bonds is 0. The van der Waals surface area contributed by atoms with Crippen molar-refractivity contribution in [1.29, 1.82) is 0 Å². The Hall–Kier alpha value is 0.424. The molecule has 0 heterocycles. The molecule has 0 saturated carbocycles. The summed E-state index contributed by atoms with van der Waals surface area (Å²) >= 11 is 0. The Balaban J connectivity index is -0.0000000450. The molecule has 6 heavy (non-hydrogen) atoms. The molecule has 0 bridgehead atoms. The van der Waals surface area contributed by atoms with E-state index in [1.807, 2.05) is 0 Å². The third-order valence-corrected chi connectivity index (χ3v) is 0. The standard InChI is InChI=1S/BO3.Fe.H2O/c2-1(3)4;;/h;;1H2/q-3;+4;/p-1. The summed E-state index contributed by atoms with van der Waals surface area (Å²) in [4.78, 5) is 0. The largest absolute Gasteiger partial charge is 4.00 e. The van der Waals surface area contributed by atoms with Crippen molar-refractivity contribution in [2.45, 2.75) is 0 Å². The first-order valence-corrected chi connectivity index (χ1v) is 0.707. The summed E-state index contributed by atoms with van der Waals surface area (Å²) < 4.78 is 0. The molecular weight excluding hydrogens is 131 g/mol. The molecule has 0 spiro atoms. The van der Waals surface area contributed by atoms with Crippen LogP contribution in [0.15, 0.2) is 0 Å². The molecule has 0 aliphatic rings. The minimum absolute atomic E-state index is 0. The summed E-state index contributed by atoms with van der Waals surface area (Å²) in [5, 5.41) is 25.2. The van der Waals surface area contributed by atoms with Gasteiger partial charge in [0.25, 0.3) is 0 Å². The third-order valence-electron chi connectivity index (χ3n) is 0. The fraction of sp³-hybridized carbons (Fsp3) is 0. The maximum absolute atomic E-state index is 8.42. The fourth-order valence-corrected chi connectivity index (χ4v) is 0. The Morgan fingerprint density at radius 1 is 1.00 bits per heavy atom. The van der Waals surface area contributed by atoms with Crippen molar-refractivity contribution >= 4 is 7.32 Å². The summed E-state index contributed by atoms with van der Waals surface area (Å²) in [5.41, 5.74) is 0. The molecule has 0 radical (unpaired) electrons. The first-order chi connectivity index (χ1) is 1.73. The molecule has 0 saturated heterocycles. The van der Waals surface area contributed by atoms with Crippen molar-refractivity contribution in [3.8, 4) is 0 Å². The molecule has 36 valence electrons. The minimum atomic E-state index is -2.92. The maximum Gasteiger partial charge on any atom is 4.00 e. The molecule has 4 nitrogen and oxygen atoms in total. The van der Waals surface area contributed by atoms with E-state index in [0.717, 1.165) is 0 Å². The van der Waals surface area contributed by atoms with Crippen LogP contribution in [-0.2, 0) is 17.1 Å². The smallest absolute Gasteiger partial charge is 0.907 e. The van der Waals surface area contributed by atoms with E-state index in [4.69, 9.17) is 15.1 Å². The van der Waals surface area contributed by atoms with Crippen LogP contribution in [0, 0.1) is 0 Å². The van der Waals surface area contributed by atoms with Gasteiger partial charge in [-0.15, -0.1) is 0 Å². The van der Waals surface area contributed by atoms with E-state index in [2.05, 4.69) is 0 Å². The average Bonchev–Trinajstić information content (AvgIpc) is 0.811. The van der Waals surface area contributed by atoms with Gasteiger partial charge in [-0.05, 0) is 0 Å². The van der Waals surface area contributed by atoms with E-state index in [1.54, 1.807) is 0 Å². The SMILES string of the molecule is [Fe+4].[O-]B([O-])[O-].[OH-]. The van der Waals surface area contributed by atoms with Gasteiger partial charge in [0.15, 0.2) is 0 Å². The summed E-state index contributed by atoms with van der Waals surface area (Å²) in [5.74, 6) is 0. The summed E-state index contributed by atoms with van der Waals surface area (Å²) in [6, 6.07) is 0. The Bertz CT molecular complexity index is 12.3. The summed E-state index contributed by atoms with van der Waals surface area (Å²) in [6.07, 6.45) is 0. The maximum atomic E-state index is 8.42. The second kappa shape index (κ2) is 9.06. The molecule has 0 amide bonds. The van der Waals surface area contributed by atoms with Gasteiger partial charge < -0.3 is 20.5 Å². The first kappa shape index (κ1) is 16.1. The molecule has 0 fully saturated rings. The molecule has 6 heteroatoms. The molecule has 1 N–H and O–H groups in total. The molecule has 0 aromatic carbocycles. The van der Waals surface area contributed by atoms with Crippen molar-refractivity contribution in [3.63, 3.8) is 0 Å². The van der Waals surface area contributed by atoms with Gasteiger partial charge in [-0.1, -0.05) is 0 Å². The zero-order chi connectivity index (χ0) is 3.58. The van der Waals surface area contributed by atoms with Crippen LogP contribution >= 0.6 is 0 Å². The molecule has 0 aromatic heterocycles. The van der Waals surface area contributed by atoms with Gasteiger partial charge in [0, 0.05) is 0 Å². The molecular formula is HBFeO4. The first-order valence-electron chi connectivity index (χ1n) is 0.707. The molecule has 0 aromatic rings. The molecule has 0 unspecified atom stereocenters. The topological polar surface area (TPSA) is 99.2 Å². The van der Waals surface area contributed by atoms with Gasteiger partial charge in [-0.25, -0.2) is 0 Å². The number of hydrogen-bond acceptors (Lipinski definition) is 4. The molecule has 0 atom stereocenters. The summed E-state index contributed by atoms with van der Waals surface area (Å²) in [7, 11) is -2.92. The van der Waals surface area contributed by atoms with Crippen molar-refractivity contribution < 1.29 is 37.6 Å².